The Labute approximate surface area is 194 Å². The number of rotatable bonds is 9. The Bertz CT molecular complexity index is 960. The van der Waals surface area contributed by atoms with E-state index in [0.29, 0.717) is 12.2 Å². The molecule has 0 aromatic heterocycles. The van der Waals surface area contributed by atoms with Gasteiger partial charge >= 0.3 is 0 Å². The minimum absolute atomic E-state index is 0.0133. The zero-order chi connectivity index (χ0) is 24.2. The van der Waals surface area contributed by atoms with Crippen molar-refractivity contribution in [3.8, 4) is 5.75 Å². The molecule has 1 aliphatic rings. The van der Waals surface area contributed by atoms with Gasteiger partial charge in [0.05, 0.1) is 18.8 Å². The van der Waals surface area contributed by atoms with Crippen LogP contribution >= 0.6 is 0 Å². The van der Waals surface area contributed by atoms with Crippen molar-refractivity contribution in [2.45, 2.75) is 70.6 Å². The van der Waals surface area contributed by atoms with E-state index in [2.05, 4.69) is 43.5 Å². The second kappa shape index (κ2) is 10.6. The molecule has 1 amide bonds. The van der Waals surface area contributed by atoms with Crippen molar-refractivity contribution >= 4 is 5.91 Å². The molecule has 3 N–H and O–H groups in total. The van der Waals surface area contributed by atoms with Crippen molar-refractivity contribution in [3.63, 3.8) is 0 Å². The molecule has 3 rings (SSSR count). The minimum atomic E-state index is -0.957. The van der Waals surface area contributed by atoms with Gasteiger partial charge in [-0.2, -0.15) is 0 Å². The van der Waals surface area contributed by atoms with E-state index >= 15 is 0 Å². The van der Waals surface area contributed by atoms with Gasteiger partial charge in [0, 0.05) is 37.6 Å². The number of ether oxygens (including phenoxy) is 1. The molecule has 5 nitrogen and oxygen atoms in total. The van der Waals surface area contributed by atoms with Crippen molar-refractivity contribution in [2.75, 3.05) is 13.2 Å². The minimum Gasteiger partial charge on any atom is -0.493 e. The Hall–Kier alpha value is -2.51. The molecule has 0 bridgehead atoms. The number of amides is 1. The van der Waals surface area contributed by atoms with E-state index in [9.17, 15) is 18.7 Å². The fraction of sp³-hybridized carbons (Fsp3) is 0.500. The molecular formula is C26H34F2N2O3. The average Bonchev–Trinajstić information content (AvgIpc) is 2.75. The van der Waals surface area contributed by atoms with Crippen LogP contribution in [-0.4, -0.2) is 36.3 Å². The maximum atomic E-state index is 13.6. The van der Waals surface area contributed by atoms with Crippen LogP contribution in [0.3, 0.4) is 0 Å². The lowest BCUT2D eigenvalue weighted by atomic mass is 9.80. The van der Waals surface area contributed by atoms with Crippen LogP contribution in [0.5, 0.6) is 5.75 Å². The molecule has 0 aliphatic carbocycles. The van der Waals surface area contributed by atoms with Crippen LogP contribution in [0, 0.1) is 11.6 Å². The summed E-state index contributed by atoms with van der Waals surface area (Å²) >= 11 is 0. The van der Waals surface area contributed by atoms with Crippen LogP contribution < -0.4 is 15.4 Å². The van der Waals surface area contributed by atoms with Gasteiger partial charge in [-0.1, -0.05) is 26.8 Å². The first-order chi connectivity index (χ1) is 15.6. The molecule has 2 aromatic rings. The van der Waals surface area contributed by atoms with Gasteiger partial charge in [-0.3, -0.25) is 4.79 Å². The van der Waals surface area contributed by atoms with Gasteiger partial charge in [-0.15, -0.1) is 0 Å². The maximum absolute atomic E-state index is 13.6. The molecule has 2 aromatic carbocycles. The van der Waals surface area contributed by atoms with Gasteiger partial charge in [0.1, 0.15) is 17.4 Å². The molecule has 1 aliphatic heterocycles. The number of benzene rings is 2. The third-order valence-corrected chi connectivity index (χ3v) is 6.52. The zero-order valence-corrected chi connectivity index (χ0v) is 19.8. The third-order valence-electron chi connectivity index (χ3n) is 6.52. The smallest absolute Gasteiger partial charge is 0.217 e. The number of hydrogen-bond acceptors (Lipinski definition) is 4. The van der Waals surface area contributed by atoms with Crippen molar-refractivity contribution in [2.24, 2.45) is 0 Å². The fourth-order valence-corrected chi connectivity index (χ4v) is 4.16. The summed E-state index contributed by atoms with van der Waals surface area (Å²) < 4.78 is 33.0. The SMILES string of the molecule is CCC(C)(C)c1ccc2c(c1)C(NCC(O)C(Cc1cc(F)cc(F)c1)NC(C)=O)CCO2. The number of halogens is 2. The molecule has 0 radical (unpaired) electrons. The Balaban J connectivity index is 1.73. The van der Waals surface area contributed by atoms with Crippen LogP contribution in [0.4, 0.5) is 8.78 Å². The molecule has 0 saturated heterocycles. The number of nitrogens with one attached hydrogen (secondary N) is 2. The summed E-state index contributed by atoms with van der Waals surface area (Å²) in [6.07, 6.45) is 0.899. The molecule has 0 saturated carbocycles. The van der Waals surface area contributed by atoms with Crippen molar-refractivity contribution in [1.82, 2.24) is 10.6 Å². The van der Waals surface area contributed by atoms with Gasteiger partial charge in [0.25, 0.3) is 0 Å². The molecule has 33 heavy (non-hydrogen) atoms. The topological polar surface area (TPSA) is 70.6 Å². The summed E-state index contributed by atoms with van der Waals surface area (Å²) in [5.41, 5.74) is 2.68. The van der Waals surface area contributed by atoms with E-state index in [1.54, 1.807) is 0 Å². The number of aliphatic hydroxyl groups is 1. The number of carbonyl (C=O) groups is 1. The Morgan fingerprint density at radius 1 is 1.21 bits per heavy atom. The Morgan fingerprint density at radius 2 is 1.91 bits per heavy atom. The summed E-state index contributed by atoms with van der Waals surface area (Å²) in [5, 5.41) is 17.0. The normalized spacial score (nSPS) is 17.6. The molecular weight excluding hydrogens is 426 g/mol. The first-order valence-corrected chi connectivity index (χ1v) is 11.5. The highest BCUT2D eigenvalue weighted by Crippen LogP contribution is 2.37. The summed E-state index contributed by atoms with van der Waals surface area (Å²) in [6.45, 7) is 8.69. The monoisotopic (exact) mass is 460 g/mol. The lowest BCUT2D eigenvalue weighted by Gasteiger charge is -2.32. The highest BCUT2D eigenvalue weighted by Gasteiger charge is 2.27. The van der Waals surface area contributed by atoms with E-state index < -0.39 is 23.8 Å². The van der Waals surface area contributed by atoms with Crippen LogP contribution in [0.15, 0.2) is 36.4 Å². The highest BCUT2D eigenvalue weighted by molar-refractivity contribution is 5.73. The van der Waals surface area contributed by atoms with Crippen molar-refractivity contribution in [1.29, 1.82) is 0 Å². The molecule has 3 unspecified atom stereocenters. The van der Waals surface area contributed by atoms with Crippen molar-refractivity contribution in [3.05, 3.63) is 64.7 Å². The Kier molecular flexibility index (Phi) is 8.08. The zero-order valence-electron chi connectivity index (χ0n) is 19.8. The number of fused-ring (bicyclic) bond motifs is 1. The van der Waals surface area contributed by atoms with Gasteiger partial charge in [-0.25, -0.2) is 8.78 Å². The van der Waals surface area contributed by atoms with Crippen LogP contribution in [0.1, 0.15) is 63.3 Å². The number of hydrogen-bond donors (Lipinski definition) is 3. The van der Waals surface area contributed by atoms with E-state index in [1.807, 2.05) is 6.07 Å². The largest absolute Gasteiger partial charge is 0.493 e. The summed E-state index contributed by atoms with van der Waals surface area (Å²) in [5.74, 6) is -0.871. The van der Waals surface area contributed by atoms with E-state index in [4.69, 9.17) is 4.74 Å². The van der Waals surface area contributed by atoms with Gasteiger partial charge in [0.2, 0.25) is 5.91 Å². The second-order valence-electron chi connectivity index (χ2n) is 9.44. The standard InChI is InChI=1S/C26H34F2N2O3/c1-5-26(3,4)18-6-7-25-21(13-18)22(8-9-33-25)29-15-24(32)23(30-16(2)31)12-17-10-19(27)14-20(28)11-17/h6-7,10-11,13-14,22-24,29,32H,5,8-9,12,15H2,1-4H3,(H,30,31). The summed E-state index contributed by atoms with van der Waals surface area (Å²) in [6, 6.07) is 8.79. The summed E-state index contributed by atoms with van der Waals surface area (Å²) in [4.78, 5) is 11.7. The predicted molar refractivity (Wildman–Crippen MR) is 124 cm³/mol. The highest BCUT2D eigenvalue weighted by atomic mass is 19.1. The molecule has 1 heterocycles. The lowest BCUT2D eigenvalue weighted by molar-refractivity contribution is -0.120. The van der Waals surface area contributed by atoms with Crippen molar-refractivity contribution < 1.29 is 23.4 Å². The van der Waals surface area contributed by atoms with Crippen LogP contribution in [-0.2, 0) is 16.6 Å². The van der Waals surface area contributed by atoms with Crippen LogP contribution in [0.2, 0.25) is 0 Å². The molecule has 7 heteroatoms. The first kappa shape index (κ1) is 25.1. The lowest BCUT2D eigenvalue weighted by Crippen LogP contribution is -2.48. The van der Waals surface area contributed by atoms with Gasteiger partial charge < -0.3 is 20.5 Å². The molecule has 180 valence electrons. The fourth-order valence-electron chi connectivity index (χ4n) is 4.16. The molecule has 0 fully saturated rings. The van der Waals surface area contributed by atoms with Gasteiger partial charge in [0.15, 0.2) is 0 Å². The Morgan fingerprint density at radius 3 is 2.55 bits per heavy atom. The molecule has 3 atom stereocenters. The van der Waals surface area contributed by atoms with E-state index in [-0.39, 0.29) is 30.3 Å². The third kappa shape index (κ3) is 6.51. The maximum Gasteiger partial charge on any atom is 0.217 e. The first-order valence-electron chi connectivity index (χ1n) is 11.5. The number of aliphatic hydroxyl groups excluding tert-OH is 1. The van der Waals surface area contributed by atoms with Gasteiger partial charge in [-0.05, 0) is 53.6 Å². The number of carbonyl (C=O) groups excluding carboxylic acids is 1. The van der Waals surface area contributed by atoms with Crippen LogP contribution in [0.25, 0.3) is 0 Å². The average molecular weight is 461 g/mol. The summed E-state index contributed by atoms with van der Waals surface area (Å²) in [7, 11) is 0. The predicted octanol–water partition coefficient (Wildman–Crippen LogP) is 4.17. The second-order valence-corrected chi connectivity index (χ2v) is 9.44. The van der Waals surface area contributed by atoms with E-state index in [0.717, 1.165) is 30.2 Å². The molecule has 0 spiro atoms. The quantitative estimate of drug-likeness (QED) is 0.525. The van der Waals surface area contributed by atoms with E-state index in [1.165, 1.54) is 24.6 Å².